The van der Waals surface area contributed by atoms with Crippen LogP contribution in [0.2, 0.25) is 0 Å². The van der Waals surface area contributed by atoms with Gasteiger partial charge in [0.05, 0.1) is 12.0 Å². The van der Waals surface area contributed by atoms with E-state index in [1.165, 1.54) is 22.7 Å². The third-order valence-electron chi connectivity index (χ3n) is 4.49. The second kappa shape index (κ2) is 7.33. The molecule has 6 nitrogen and oxygen atoms in total. The number of rotatable bonds is 4. The van der Waals surface area contributed by atoms with Crippen LogP contribution in [0.4, 0.5) is 13.2 Å². The first-order valence-electron chi connectivity index (χ1n) is 9.08. The molecule has 152 valence electrons. The van der Waals surface area contributed by atoms with Crippen LogP contribution in [-0.4, -0.2) is 30.6 Å². The van der Waals surface area contributed by atoms with Crippen LogP contribution in [0.5, 0.6) is 0 Å². The number of pyridine rings is 1. The SMILES string of the molecule is Cc1cc(C)nc(CC(=O)c2ccc3nnc(-c4cccc(C(F)(F)F)c4)n3n2)c1. The monoisotopic (exact) mass is 411 g/mol. The Kier molecular flexibility index (Phi) is 4.81. The number of halogens is 3. The van der Waals surface area contributed by atoms with Crippen LogP contribution in [0.3, 0.4) is 0 Å². The first-order valence-corrected chi connectivity index (χ1v) is 9.08. The summed E-state index contributed by atoms with van der Waals surface area (Å²) in [5.74, 6) is -0.145. The van der Waals surface area contributed by atoms with Crippen molar-refractivity contribution >= 4 is 11.4 Å². The van der Waals surface area contributed by atoms with Crippen LogP contribution in [0.1, 0.15) is 33.0 Å². The maximum Gasteiger partial charge on any atom is 0.416 e. The Morgan fingerprint density at radius 2 is 1.83 bits per heavy atom. The van der Waals surface area contributed by atoms with Gasteiger partial charge in [-0.3, -0.25) is 9.78 Å². The predicted octanol–water partition coefficient (Wildman–Crippen LogP) is 4.25. The van der Waals surface area contributed by atoms with Gasteiger partial charge in [-0.1, -0.05) is 12.1 Å². The summed E-state index contributed by atoms with van der Waals surface area (Å²) in [4.78, 5) is 17.1. The van der Waals surface area contributed by atoms with Crippen LogP contribution < -0.4 is 0 Å². The minimum Gasteiger partial charge on any atom is -0.292 e. The van der Waals surface area contributed by atoms with E-state index in [0.29, 0.717) is 11.3 Å². The largest absolute Gasteiger partial charge is 0.416 e. The van der Waals surface area contributed by atoms with E-state index < -0.39 is 11.7 Å². The Morgan fingerprint density at radius 3 is 2.57 bits per heavy atom. The number of benzene rings is 1. The summed E-state index contributed by atoms with van der Waals surface area (Å²) < 4.78 is 40.4. The minimum atomic E-state index is -4.48. The molecule has 0 N–H and O–H groups in total. The number of hydrogen-bond acceptors (Lipinski definition) is 5. The van der Waals surface area contributed by atoms with Gasteiger partial charge in [-0.2, -0.15) is 22.8 Å². The lowest BCUT2D eigenvalue weighted by molar-refractivity contribution is -0.137. The van der Waals surface area contributed by atoms with E-state index in [4.69, 9.17) is 0 Å². The van der Waals surface area contributed by atoms with Gasteiger partial charge in [0, 0.05) is 17.0 Å². The Morgan fingerprint density at radius 1 is 1.03 bits per heavy atom. The van der Waals surface area contributed by atoms with Crippen molar-refractivity contribution in [3.05, 3.63) is 76.7 Å². The van der Waals surface area contributed by atoms with Crippen LogP contribution >= 0.6 is 0 Å². The normalized spacial score (nSPS) is 11.8. The average molecular weight is 411 g/mol. The molecule has 0 saturated heterocycles. The van der Waals surface area contributed by atoms with Crippen molar-refractivity contribution in [2.75, 3.05) is 0 Å². The van der Waals surface area contributed by atoms with Crippen LogP contribution in [0, 0.1) is 13.8 Å². The first-order chi connectivity index (χ1) is 14.2. The first kappa shape index (κ1) is 19.7. The molecule has 9 heteroatoms. The van der Waals surface area contributed by atoms with Gasteiger partial charge < -0.3 is 0 Å². The van der Waals surface area contributed by atoms with Crippen LogP contribution in [-0.2, 0) is 12.6 Å². The van der Waals surface area contributed by atoms with E-state index in [9.17, 15) is 18.0 Å². The van der Waals surface area contributed by atoms with Gasteiger partial charge in [0.25, 0.3) is 0 Å². The number of carbonyl (C=O) groups excluding carboxylic acids is 1. The van der Waals surface area contributed by atoms with Crippen molar-refractivity contribution in [3.63, 3.8) is 0 Å². The highest BCUT2D eigenvalue weighted by molar-refractivity contribution is 5.95. The Labute approximate surface area is 169 Å². The molecule has 0 aliphatic carbocycles. The van der Waals surface area contributed by atoms with Gasteiger partial charge >= 0.3 is 6.18 Å². The van der Waals surface area contributed by atoms with Crippen LogP contribution in [0.15, 0.2) is 48.5 Å². The molecule has 4 rings (SSSR count). The third kappa shape index (κ3) is 3.91. The van der Waals surface area contributed by atoms with Gasteiger partial charge in [-0.05, 0) is 55.8 Å². The van der Waals surface area contributed by atoms with E-state index in [1.54, 1.807) is 6.07 Å². The van der Waals surface area contributed by atoms with Crippen LogP contribution in [0.25, 0.3) is 17.0 Å². The second-order valence-electron chi connectivity index (χ2n) is 6.97. The zero-order valence-corrected chi connectivity index (χ0v) is 16.1. The molecule has 0 atom stereocenters. The molecule has 0 saturated carbocycles. The standard InChI is InChI=1S/C21H16F3N5O/c1-12-8-13(2)25-16(9-12)11-18(30)17-6-7-19-26-27-20(29(19)28-17)14-4-3-5-15(10-14)21(22,23)24/h3-10H,11H2,1-2H3. The molecule has 0 fully saturated rings. The highest BCUT2D eigenvalue weighted by atomic mass is 19.4. The highest BCUT2D eigenvalue weighted by Gasteiger charge is 2.30. The highest BCUT2D eigenvalue weighted by Crippen LogP contribution is 2.31. The zero-order chi connectivity index (χ0) is 21.5. The molecule has 0 aliphatic heterocycles. The number of alkyl halides is 3. The fourth-order valence-electron chi connectivity index (χ4n) is 3.22. The number of hydrogen-bond donors (Lipinski definition) is 0. The number of Topliss-reactive ketones (excluding diaryl/α,β-unsaturated/α-hetero) is 1. The minimum absolute atomic E-state index is 0.0576. The molecule has 0 unspecified atom stereocenters. The molecule has 3 aromatic heterocycles. The summed E-state index contributed by atoms with van der Waals surface area (Å²) in [6, 6.07) is 11.6. The van der Waals surface area contributed by atoms with Crippen molar-refractivity contribution in [1.29, 1.82) is 0 Å². The molecule has 0 radical (unpaired) electrons. The maximum absolute atomic E-state index is 13.0. The molecule has 0 bridgehead atoms. The summed E-state index contributed by atoms with van der Waals surface area (Å²) in [6.07, 6.45) is -4.42. The van der Waals surface area contributed by atoms with Crippen molar-refractivity contribution in [2.45, 2.75) is 26.4 Å². The second-order valence-corrected chi connectivity index (χ2v) is 6.97. The van der Waals surface area contributed by atoms with E-state index in [0.717, 1.165) is 23.4 Å². The fourth-order valence-corrected chi connectivity index (χ4v) is 3.22. The van der Waals surface area contributed by atoms with Gasteiger partial charge in [0.2, 0.25) is 0 Å². The number of nitrogens with zero attached hydrogens (tertiary/aromatic N) is 5. The summed E-state index contributed by atoms with van der Waals surface area (Å²) in [7, 11) is 0. The van der Waals surface area contributed by atoms with Crippen molar-refractivity contribution in [3.8, 4) is 11.4 Å². The van der Waals surface area contributed by atoms with E-state index in [1.807, 2.05) is 26.0 Å². The maximum atomic E-state index is 13.0. The lowest BCUT2D eigenvalue weighted by Crippen LogP contribution is -2.11. The number of fused-ring (bicyclic) bond motifs is 1. The number of aromatic nitrogens is 5. The van der Waals surface area contributed by atoms with Gasteiger partial charge in [0.1, 0.15) is 5.69 Å². The van der Waals surface area contributed by atoms with Crippen molar-refractivity contribution in [2.24, 2.45) is 0 Å². The van der Waals surface area contributed by atoms with Crippen molar-refractivity contribution in [1.82, 2.24) is 24.8 Å². The van der Waals surface area contributed by atoms with Gasteiger partial charge in [-0.25, -0.2) is 0 Å². The quantitative estimate of drug-likeness (QED) is 0.470. The molecule has 4 aromatic rings. The van der Waals surface area contributed by atoms with Gasteiger partial charge in [-0.15, -0.1) is 10.2 Å². The lowest BCUT2D eigenvalue weighted by atomic mass is 10.1. The Balaban J connectivity index is 1.70. The average Bonchev–Trinajstić information content (AvgIpc) is 3.10. The summed E-state index contributed by atoms with van der Waals surface area (Å²) >= 11 is 0. The fraction of sp³-hybridized carbons (Fsp3) is 0.190. The number of ketones is 1. The Hall–Kier alpha value is -3.62. The number of carbonyl (C=O) groups is 1. The van der Waals surface area contributed by atoms with E-state index in [2.05, 4.69) is 20.3 Å². The van der Waals surface area contributed by atoms with Gasteiger partial charge in [0.15, 0.2) is 17.3 Å². The van der Waals surface area contributed by atoms with E-state index in [-0.39, 0.29) is 29.3 Å². The topological polar surface area (TPSA) is 73.0 Å². The predicted molar refractivity (Wildman–Crippen MR) is 103 cm³/mol. The molecular formula is C21H16F3N5O. The summed E-state index contributed by atoms with van der Waals surface area (Å²) in [6.45, 7) is 3.77. The Bertz CT molecular complexity index is 1240. The molecule has 3 heterocycles. The lowest BCUT2D eigenvalue weighted by Gasteiger charge is -2.08. The number of aryl methyl sites for hydroxylation is 2. The molecule has 0 amide bonds. The summed E-state index contributed by atoms with van der Waals surface area (Å²) in [5, 5.41) is 12.2. The molecule has 30 heavy (non-hydrogen) atoms. The third-order valence-corrected chi connectivity index (χ3v) is 4.49. The molecule has 0 spiro atoms. The van der Waals surface area contributed by atoms with Crippen molar-refractivity contribution < 1.29 is 18.0 Å². The zero-order valence-electron chi connectivity index (χ0n) is 16.1. The summed E-state index contributed by atoms with van der Waals surface area (Å²) in [5.41, 5.74) is 2.31. The smallest absolute Gasteiger partial charge is 0.292 e. The molecule has 0 aliphatic rings. The molecular weight excluding hydrogens is 395 g/mol. The van der Waals surface area contributed by atoms with E-state index >= 15 is 0 Å². The molecule has 1 aromatic carbocycles.